The van der Waals surface area contributed by atoms with Crippen LogP contribution in [-0.4, -0.2) is 23.2 Å². The Bertz CT molecular complexity index is 816. The van der Waals surface area contributed by atoms with Crippen LogP contribution in [0.3, 0.4) is 0 Å². The van der Waals surface area contributed by atoms with Gasteiger partial charge in [-0.05, 0) is 48.2 Å². The molecule has 0 saturated carbocycles. The van der Waals surface area contributed by atoms with Crippen LogP contribution in [0.1, 0.15) is 37.8 Å². The highest BCUT2D eigenvalue weighted by molar-refractivity contribution is 6.35. The Kier molecular flexibility index (Phi) is 8.17. The van der Waals surface area contributed by atoms with Crippen LogP contribution in [0.2, 0.25) is 10.0 Å². The quantitative estimate of drug-likeness (QED) is 0.419. The van der Waals surface area contributed by atoms with E-state index in [0.717, 1.165) is 11.1 Å². The van der Waals surface area contributed by atoms with Gasteiger partial charge in [0.1, 0.15) is 0 Å². The summed E-state index contributed by atoms with van der Waals surface area (Å²) in [5.74, 6) is -1.81. The lowest BCUT2D eigenvalue weighted by Gasteiger charge is -2.06. The van der Waals surface area contributed by atoms with Gasteiger partial charge in [0.15, 0.2) is 0 Å². The number of amides is 2. The molecule has 8 heteroatoms. The van der Waals surface area contributed by atoms with E-state index in [1.165, 1.54) is 0 Å². The van der Waals surface area contributed by atoms with Gasteiger partial charge in [0.25, 0.3) is 0 Å². The van der Waals surface area contributed by atoms with Gasteiger partial charge in [0.05, 0.1) is 11.4 Å². The van der Waals surface area contributed by atoms with Crippen molar-refractivity contribution in [3.05, 3.63) is 69.7 Å². The lowest BCUT2D eigenvalue weighted by Crippen LogP contribution is -2.36. The molecule has 28 heavy (non-hydrogen) atoms. The molecule has 2 rings (SSSR count). The fourth-order valence-electron chi connectivity index (χ4n) is 2.32. The molecule has 0 saturated heterocycles. The van der Waals surface area contributed by atoms with Crippen molar-refractivity contribution in [2.75, 3.05) is 0 Å². The van der Waals surface area contributed by atoms with Gasteiger partial charge in [0.2, 0.25) is 0 Å². The van der Waals surface area contributed by atoms with Crippen LogP contribution in [0.5, 0.6) is 0 Å². The van der Waals surface area contributed by atoms with E-state index in [1.807, 2.05) is 13.8 Å². The van der Waals surface area contributed by atoms with E-state index in [2.05, 4.69) is 21.1 Å². The summed E-state index contributed by atoms with van der Waals surface area (Å²) >= 11 is 11.7. The first kappa shape index (κ1) is 21.6. The van der Waals surface area contributed by atoms with Gasteiger partial charge in [-0.2, -0.15) is 10.2 Å². The number of nitrogens with one attached hydrogen (secondary N) is 2. The van der Waals surface area contributed by atoms with Crippen molar-refractivity contribution in [3.63, 3.8) is 0 Å². The topological polar surface area (TPSA) is 82.9 Å². The van der Waals surface area contributed by atoms with E-state index in [1.54, 1.807) is 48.5 Å². The Balaban J connectivity index is 2.02. The van der Waals surface area contributed by atoms with Gasteiger partial charge in [-0.1, -0.05) is 61.3 Å². The third-order valence-corrected chi connectivity index (χ3v) is 4.32. The van der Waals surface area contributed by atoms with Gasteiger partial charge in [0, 0.05) is 10.0 Å². The first-order chi connectivity index (χ1) is 13.4. The van der Waals surface area contributed by atoms with E-state index >= 15 is 0 Å². The van der Waals surface area contributed by atoms with Gasteiger partial charge in [-0.25, -0.2) is 10.9 Å². The third-order valence-electron chi connectivity index (χ3n) is 3.82. The second-order valence-corrected chi connectivity index (χ2v) is 6.59. The van der Waals surface area contributed by atoms with Crippen LogP contribution < -0.4 is 10.9 Å². The lowest BCUT2D eigenvalue weighted by molar-refractivity contribution is -0.139. The van der Waals surface area contributed by atoms with Crippen molar-refractivity contribution in [1.82, 2.24) is 10.9 Å². The minimum Gasteiger partial charge on any atom is -0.262 e. The standard InChI is InChI=1S/C20H20Cl2N4O2/c1-3-17(13-5-9-15(21)10-6-13)23-25-19(27)20(28)26-24-18(4-2)14-7-11-16(22)12-8-14/h5-12H,3-4H2,1-2H3,(H,25,27)(H,26,28). The van der Waals surface area contributed by atoms with E-state index < -0.39 is 11.8 Å². The highest BCUT2D eigenvalue weighted by Gasteiger charge is 2.13. The van der Waals surface area contributed by atoms with Gasteiger partial charge < -0.3 is 0 Å². The van der Waals surface area contributed by atoms with E-state index in [9.17, 15) is 9.59 Å². The minimum atomic E-state index is -0.907. The van der Waals surface area contributed by atoms with Crippen LogP contribution in [0.4, 0.5) is 0 Å². The zero-order valence-electron chi connectivity index (χ0n) is 15.5. The molecule has 0 atom stereocenters. The zero-order chi connectivity index (χ0) is 20.5. The van der Waals surface area contributed by atoms with Crippen molar-refractivity contribution < 1.29 is 9.59 Å². The number of hydrogen-bond donors (Lipinski definition) is 2. The van der Waals surface area contributed by atoms with Crippen LogP contribution in [0, 0.1) is 0 Å². The van der Waals surface area contributed by atoms with E-state index in [-0.39, 0.29) is 0 Å². The summed E-state index contributed by atoms with van der Waals surface area (Å²) in [6, 6.07) is 14.1. The van der Waals surface area contributed by atoms with Crippen molar-refractivity contribution in [3.8, 4) is 0 Å². The number of carbonyl (C=O) groups excluding carboxylic acids is 2. The molecule has 6 nitrogen and oxygen atoms in total. The Morgan fingerprint density at radius 2 is 1.04 bits per heavy atom. The third kappa shape index (κ3) is 6.18. The van der Waals surface area contributed by atoms with Crippen LogP contribution in [-0.2, 0) is 9.59 Å². The molecule has 2 aromatic carbocycles. The molecule has 0 unspecified atom stereocenters. The van der Waals surface area contributed by atoms with Gasteiger partial charge in [-0.15, -0.1) is 0 Å². The Hall–Kier alpha value is -2.70. The summed E-state index contributed by atoms with van der Waals surface area (Å²) in [5, 5.41) is 9.27. The molecule has 0 aliphatic heterocycles. The number of carbonyl (C=O) groups is 2. The first-order valence-electron chi connectivity index (χ1n) is 8.69. The molecule has 0 aromatic heterocycles. The predicted octanol–water partition coefficient (Wildman–Crippen LogP) is 4.15. The van der Waals surface area contributed by atoms with E-state index in [0.29, 0.717) is 34.3 Å². The normalized spacial score (nSPS) is 11.9. The molecule has 0 aliphatic rings. The number of nitrogens with zero attached hydrogens (tertiary/aromatic N) is 2. The largest absolute Gasteiger partial charge is 0.331 e. The molecule has 0 heterocycles. The fraction of sp³-hybridized carbons (Fsp3) is 0.200. The number of benzene rings is 2. The summed E-state index contributed by atoms with van der Waals surface area (Å²) in [6.45, 7) is 3.78. The number of rotatable bonds is 6. The summed E-state index contributed by atoms with van der Waals surface area (Å²) in [4.78, 5) is 24.0. The molecule has 2 amide bonds. The molecule has 0 radical (unpaired) electrons. The maximum absolute atomic E-state index is 12.0. The highest BCUT2D eigenvalue weighted by Crippen LogP contribution is 2.12. The minimum absolute atomic E-state index is 0.568. The number of hydrazone groups is 2. The number of hydrogen-bond acceptors (Lipinski definition) is 4. The molecule has 2 aromatic rings. The highest BCUT2D eigenvalue weighted by atomic mass is 35.5. The maximum atomic E-state index is 12.0. The second-order valence-electron chi connectivity index (χ2n) is 5.72. The summed E-state index contributed by atoms with van der Waals surface area (Å²) in [7, 11) is 0. The molecule has 0 aliphatic carbocycles. The average molecular weight is 419 g/mol. The maximum Gasteiger partial charge on any atom is 0.331 e. The van der Waals surface area contributed by atoms with Gasteiger partial charge in [-0.3, -0.25) is 9.59 Å². The monoisotopic (exact) mass is 418 g/mol. The molecule has 0 fully saturated rings. The molecule has 2 N–H and O–H groups in total. The Morgan fingerprint density at radius 1 is 0.714 bits per heavy atom. The Morgan fingerprint density at radius 3 is 1.32 bits per heavy atom. The molecule has 146 valence electrons. The first-order valence-corrected chi connectivity index (χ1v) is 9.45. The molecule has 0 bridgehead atoms. The van der Waals surface area contributed by atoms with Crippen molar-refractivity contribution >= 4 is 46.4 Å². The fourth-order valence-corrected chi connectivity index (χ4v) is 2.57. The van der Waals surface area contributed by atoms with Gasteiger partial charge >= 0.3 is 11.8 Å². The number of halogens is 2. The summed E-state index contributed by atoms with van der Waals surface area (Å²) < 4.78 is 0. The Labute approximate surface area is 173 Å². The molecular formula is C20H20Cl2N4O2. The smallest absolute Gasteiger partial charge is 0.262 e. The summed E-state index contributed by atoms with van der Waals surface area (Å²) in [5.41, 5.74) is 7.36. The van der Waals surface area contributed by atoms with Crippen LogP contribution >= 0.6 is 23.2 Å². The molecular weight excluding hydrogens is 399 g/mol. The zero-order valence-corrected chi connectivity index (χ0v) is 17.0. The lowest BCUT2D eigenvalue weighted by atomic mass is 10.1. The van der Waals surface area contributed by atoms with Crippen LogP contribution in [0.15, 0.2) is 58.7 Å². The summed E-state index contributed by atoms with van der Waals surface area (Å²) in [6.07, 6.45) is 1.14. The van der Waals surface area contributed by atoms with Crippen LogP contribution in [0.25, 0.3) is 0 Å². The SMILES string of the molecule is CCC(=NNC(=O)C(=O)NN=C(CC)c1ccc(Cl)cc1)c1ccc(Cl)cc1. The van der Waals surface area contributed by atoms with Crippen molar-refractivity contribution in [1.29, 1.82) is 0 Å². The predicted molar refractivity (Wildman–Crippen MR) is 113 cm³/mol. The van der Waals surface area contributed by atoms with E-state index in [4.69, 9.17) is 23.2 Å². The average Bonchev–Trinajstić information content (AvgIpc) is 2.71. The molecule has 0 spiro atoms. The second kappa shape index (κ2) is 10.6. The van der Waals surface area contributed by atoms with Crippen molar-refractivity contribution in [2.45, 2.75) is 26.7 Å². The van der Waals surface area contributed by atoms with Crippen molar-refractivity contribution in [2.24, 2.45) is 10.2 Å².